The van der Waals surface area contributed by atoms with Crippen molar-refractivity contribution in [2.75, 3.05) is 16.9 Å². The predicted octanol–water partition coefficient (Wildman–Crippen LogP) is 8.11. The molecule has 2 aliphatic heterocycles. The van der Waals surface area contributed by atoms with Gasteiger partial charge in [0.1, 0.15) is 5.75 Å². The molecule has 0 unspecified atom stereocenters. The van der Waals surface area contributed by atoms with Crippen molar-refractivity contribution in [2.24, 2.45) is 5.11 Å². The van der Waals surface area contributed by atoms with Crippen molar-refractivity contribution < 1.29 is 9.54 Å². The molecule has 200 valence electrons. The number of azo groups is 1. The van der Waals surface area contributed by atoms with Crippen LogP contribution in [0.3, 0.4) is 0 Å². The molecule has 5 aromatic rings. The maximum Gasteiger partial charge on any atom is 0.225 e. The average Bonchev–Trinajstić information content (AvgIpc) is 3.50. The van der Waals surface area contributed by atoms with E-state index in [4.69, 9.17) is 27.5 Å². The van der Waals surface area contributed by atoms with Gasteiger partial charge in [0.15, 0.2) is 16.4 Å². The number of anilines is 2. The number of benzene rings is 5. The normalized spacial score (nSPS) is 21.3. The first-order chi connectivity index (χ1) is 20.2. The molecule has 7 heteroatoms. The minimum absolute atomic E-state index is 0.592. The third-order valence-electron chi connectivity index (χ3n) is 7.68. The molecular weight excluding hydrogens is 526 g/mol. The standard InChI is InChI=1S/C34H27N5OS/c1-40-31-24-22-29(23-25-31)38-32(41)37(28-18-10-4-11-19-28)33(26-14-6-2-7-15-26)34(38,27-16-8-3-9-17-27)36-39(35-33)30-20-12-5-13-21-30/h2-25H,1H3/t33-,34+/m0/s1. The minimum atomic E-state index is -1.10. The molecule has 0 saturated carbocycles. The van der Waals surface area contributed by atoms with Crippen LogP contribution >= 0.6 is 12.2 Å². The van der Waals surface area contributed by atoms with Gasteiger partial charge < -0.3 is 14.5 Å². The smallest absolute Gasteiger partial charge is 0.225 e. The van der Waals surface area contributed by atoms with Gasteiger partial charge in [-0.25, -0.2) is 0 Å². The molecule has 0 aromatic heterocycles. The molecule has 2 aliphatic rings. The van der Waals surface area contributed by atoms with Crippen LogP contribution in [0.15, 0.2) is 151 Å². The first-order valence-electron chi connectivity index (χ1n) is 13.4. The van der Waals surface area contributed by atoms with Gasteiger partial charge in [-0.05, 0) is 59.7 Å². The lowest BCUT2D eigenvalue weighted by Crippen LogP contribution is -2.53. The summed E-state index contributed by atoms with van der Waals surface area (Å²) in [6, 6.07) is 48.9. The zero-order valence-electron chi connectivity index (χ0n) is 22.4. The Morgan fingerprint density at radius 1 is 0.634 bits per heavy atom. The maximum absolute atomic E-state index is 6.42. The summed E-state index contributed by atoms with van der Waals surface area (Å²) in [7, 11) is 1.67. The Labute approximate surface area is 244 Å². The van der Waals surface area contributed by atoms with Crippen LogP contribution in [0.2, 0.25) is 0 Å². The minimum Gasteiger partial charge on any atom is -0.497 e. The van der Waals surface area contributed by atoms with E-state index in [2.05, 4.69) is 46.2 Å². The lowest BCUT2D eigenvalue weighted by atomic mass is 9.81. The summed E-state index contributed by atoms with van der Waals surface area (Å²) in [6.45, 7) is 0. The molecule has 1 saturated heterocycles. The predicted molar refractivity (Wildman–Crippen MR) is 165 cm³/mol. The highest BCUT2D eigenvalue weighted by Crippen LogP contribution is 2.64. The van der Waals surface area contributed by atoms with E-state index in [1.165, 1.54) is 0 Å². The number of thiocarbonyl (C=S) groups is 1. The van der Waals surface area contributed by atoms with E-state index in [-0.39, 0.29) is 0 Å². The number of para-hydroxylation sites is 2. The van der Waals surface area contributed by atoms with Gasteiger partial charge in [-0.1, -0.05) is 97.1 Å². The number of ether oxygens (including phenoxy) is 1. The van der Waals surface area contributed by atoms with Crippen LogP contribution in [0.4, 0.5) is 17.1 Å². The molecular formula is C34H27N5OS. The highest BCUT2D eigenvalue weighted by atomic mass is 32.1. The quantitative estimate of drug-likeness (QED) is 0.157. The van der Waals surface area contributed by atoms with Crippen molar-refractivity contribution in [1.29, 1.82) is 0 Å². The SMILES string of the molecule is COc1ccc(N2C(=S)N(c3ccccc3)[C@]3(c4ccccc4)N=[N+](c4ccccc4)[N-][C@]23c2ccccc2)cc1. The summed E-state index contributed by atoms with van der Waals surface area (Å²) in [5.74, 6) is 0.765. The Morgan fingerprint density at radius 3 is 1.73 bits per heavy atom. The Bertz CT molecular complexity index is 1720. The van der Waals surface area contributed by atoms with E-state index in [0.717, 1.165) is 33.9 Å². The van der Waals surface area contributed by atoms with Crippen molar-refractivity contribution in [1.82, 2.24) is 0 Å². The van der Waals surface area contributed by atoms with Gasteiger partial charge in [0.2, 0.25) is 5.69 Å². The largest absolute Gasteiger partial charge is 0.497 e. The van der Waals surface area contributed by atoms with Crippen LogP contribution < -0.4 is 14.5 Å². The van der Waals surface area contributed by atoms with E-state index in [1.807, 2.05) is 109 Å². The molecule has 2 heterocycles. The Hall–Kier alpha value is -5.01. The van der Waals surface area contributed by atoms with Crippen LogP contribution in [0.25, 0.3) is 5.43 Å². The second-order valence-corrected chi connectivity index (χ2v) is 10.3. The van der Waals surface area contributed by atoms with Crippen LogP contribution in [-0.4, -0.2) is 17.0 Å². The van der Waals surface area contributed by atoms with Crippen LogP contribution in [0.1, 0.15) is 11.1 Å². The summed E-state index contributed by atoms with van der Waals surface area (Å²) in [5, 5.41) is 6.12. The molecule has 0 amide bonds. The van der Waals surface area contributed by atoms with E-state index >= 15 is 0 Å². The number of rotatable bonds is 6. The van der Waals surface area contributed by atoms with Gasteiger partial charge >= 0.3 is 0 Å². The molecule has 5 aromatic carbocycles. The van der Waals surface area contributed by atoms with Crippen LogP contribution in [0.5, 0.6) is 5.75 Å². The van der Waals surface area contributed by atoms with E-state index in [9.17, 15) is 0 Å². The fourth-order valence-electron chi connectivity index (χ4n) is 5.91. The molecule has 1 fully saturated rings. The molecule has 2 atom stereocenters. The van der Waals surface area contributed by atoms with Crippen molar-refractivity contribution in [3.8, 4) is 5.75 Å². The number of fused-ring (bicyclic) bond motifs is 1. The summed E-state index contributed by atoms with van der Waals surface area (Å²) in [6.07, 6.45) is 0. The first-order valence-corrected chi connectivity index (χ1v) is 13.9. The fraction of sp³-hybridized carbons (Fsp3) is 0.0882. The van der Waals surface area contributed by atoms with Crippen molar-refractivity contribution in [3.05, 3.63) is 162 Å². The van der Waals surface area contributed by atoms with Crippen molar-refractivity contribution in [2.45, 2.75) is 11.3 Å². The zero-order chi connectivity index (χ0) is 27.9. The lowest BCUT2D eigenvalue weighted by Gasteiger charge is -2.46. The molecule has 0 radical (unpaired) electrons. The van der Waals surface area contributed by atoms with E-state index in [0.29, 0.717) is 5.11 Å². The van der Waals surface area contributed by atoms with E-state index < -0.39 is 11.3 Å². The third kappa shape index (κ3) is 3.66. The summed E-state index contributed by atoms with van der Waals surface area (Å²) in [5.41, 5.74) is 7.93. The summed E-state index contributed by atoms with van der Waals surface area (Å²) >= 11 is 6.42. The van der Waals surface area contributed by atoms with Crippen LogP contribution in [-0.2, 0) is 11.3 Å². The average molecular weight is 554 g/mol. The maximum atomic E-state index is 6.42. The van der Waals surface area contributed by atoms with Gasteiger partial charge in [-0.3, -0.25) is 0 Å². The topological polar surface area (TPSA) is 45.2 Å². The highest BCUT2D eigenvalue weighted by molar-refractivity contribution is 7.80. The molecule has 0 bridgehead atoms. The number of hydrogen-bond donors (Lipinski definition) is 0. The summed E-state index contributed by atoms with van der Waals surface area (Å²) in [4.78, 5) is 6.07. The van der Waals surface area contributed by atoms with Crippen molar-refractivity contribution >= 4 is 34.4 Å². The molecule has 7 rings (SSSR count). The Morgan fingerprint density at radius 2 is 1.15 bits per heavy atom. The Balaban J connectivity index is 1.61. The monoisotopic (exact) mass is 553 g/mol. The highest BCUT2D eigenvalue weighted by Gasteiger charge is 2.70. The molecule has 41 heavy (non-hydrogen) atoms. The fourth-order valence-corrected chi connectivity index (χ4v) is 6.39. The van der Waals surface area contributed by atoms with Gasteiger partial charge in [-0.2, -0.15) is 10.5 Å². The van der Waals surface area contributed by atoms with Crippen LogP contribution in [0, 0.1) is 0 Å². The molecule has 0 aliphatic carbocycles. The third-order valence-corrected chi connectivity index (χ3v) is 8.04. The molecule has 0 N–H and O–H groups in total. The van der Waals surface area contributed by atoms with Gasteiger partial charge in [-0.15, -0.1) is 4.81 Å². The zero-order valence-corrected chi connectivity index (χ0v) is 23.2. The van der Waals surface area contributed by atoms with E-state index in [1.54, 1.807) is 11.9 Å². The summed E-state index contributed by atoms with van der Waals surface area (Å²) < 4.78 is 5.50. The second-order valence-electron chi connectivity index (χ2n) is 9.89. The molecule has 6 nitrogen and oxygen atoms in total. The number of hydrogen-bond acceptors (Lipinski definition) is 3. The number of methoxy groups -OCH3 is 1. The van der Waals surface area contributed by atoms with Gasteiger partial charge in [0, 0.05) is 23.5 Å². The Kier molecular flexibility index (Phi) is 6.02. The first kappa shape index (κ1) is 25.0. The molecule has 0 spiro atoms. The lowest BCUT2D eigenvalue weighted by molar-refractivity contribution is -0.457. The van der Waals surface area contributed by atoms with Crippen molar-refractivity contribution in [3.63, 3.8) is 0 Å². The number of nitrogens with zero attached hydrogens (tertiary/aromatic N) is 5. The van der Waals surface area contributed by atoms with Gasteiger partial charge in [0.25, 0.3) is 0 Å². The van der Waals surface area contributed by atoms with Gasteiger partial charge in [0.05, 0.1) is 7.11 Å². The second kappa shape index (κ2) is 9.87.